The van der Waals surface area contributed by atoms with Crippen molar-refractivity contribution in [2.75, 3.05) is 26.7 Å². The molecule has 0 atom stereocenters. The number of amides is 1. The minimum Gasteiger partial charge on any atom is -0.493 e. The first-order valence-corrected chi connectivity index (χ1v) is 11.9. The van der Waals surface area contributed by atoms with E-state index in [1.165, 1.54) is 0 Å². The van der Waals surface area contributed by atoms with Gasteiger partial charge in [-0.25, -0.2) is 0 Å². The third-order valence-electron chi connectivity index (χ3n) is 5.11. The van der Waals surface area contributed by atoms with Crippen LogP contribution in [0.4, 0.5) is 0 Å². The fourth-order valence-corrected chi connectivity index (χ4v) is 3.18. The van der Waals surface area contributed by atoms with Crippen molar-refractivity contribution < 1.29 is 19.1 Å². The molecule has 6 nitrogen and oxygen atoms in total. The molecule has 0 spiro atoms. The highest BCUT2D eigenvalue weighted by molar-refractivity contribution is 5.85. The lowest BCUT2D eigenvalue weighted by Gasteiger charge is -2.19. The molecule has 0 aromatic heterocycles. The van der Waals surface area contributed by atoms with Crippen molar-refractivity contribution in [3.63, 3.8) is 0 Å². The van der Waals surface area contributed by atoms with Gasteiger partial charge in [0.2, 0.25) is 5.91 Å². The average Bonchev–Trinajstić information content (AvgIpc) is 2.77. The van der Waals surface area contributed by atoms with Crippen molar-refractivity contribution in [3.8, 4) is 11.5 Å². The van der Waals surface area contributed by atoms with E-state index in [2.05, 4.69) is 43.1 Å². The zero-order chi connectivity index (χ0) is 23.8. The van der Waals surface area contributed by atoms with E-state index in [-0.39, 0.29) is 30.8 Å². The molecule has 0 aliphatic carbocycles. The lowest BCUT2D eigenvalue weighted by molar-refractivity contribution is -0.135. The lowest BCUT2D eigenvalue weighted by atomic mass is 10.1. The number of esters is 1. The Balaban J connectivity index is 0.0000102. The maximum atomic E-state index is 12.3. The lowest BCUT2D eigenvalue weighted by Crippen LogP contribution is -2.33. The number of rotatable bonds is 16. The molecule has 188 valence electrons. The zero-order valence-corrected chi connectivity index (χ0v) is 21.8. The first-order valence-electron chi connectivity index (χ1n) is 11.9. The van der Waals surface area contributed by atoms with E-state index in [0.29, 0.717) is 30.4 Å². The van der Waals surface area contributed by atoms with Gasteiger partial charge < -0.3 is 14.8 Å². The van der Waals surface area contributed by atoms with Crippen LogP contribution in [-0.4, -0.2) is 43.5 Å². The minimum atomic E-state index is -0.300. The second-order valence-electron chi connectivity index (χ2n) is 8.38. The van der Waals surface area contributed by atoms with Crippen molar-refractivity contribution in [1.82, 2.24) is 10.2 Å². The average molecular weight is 483 g/mol. The third-order valence-corrected chi connectivity index (χ3v) is 5.11. The topological polar surface area (TPSA) is 67.9 Å². The van der Waals surface area contributed by atoms with E-state index in [1.54, 1.807) is 19.2 Å². The quantitative estimate of drug-likeness (QED) is 0.145. The van der Waals surface area contributed by atoms with Crippen LogP contribution >= 0.6 is 12.4 Å². The fraction of sp³-hybridized carbons (Fsp3) is 0.615. The van der Waals surface area contributed by atoms with Crippen molar-refractivity contribution in [3.05, 3.63) is 35.9 Å². The monoisotopic (exact) mass is 482 g/mol. The fourth-order valence-electron chi connectivity index (χ4n) is 3.18. The number of carbonyl (C=O) groups excluding carboxylic acids is 2. The Hall–Kier alpha value is -2.05. The summed E-state index contributed by atoms with van der Waals surface area (Å²) in [6.45, 7) is 10.8. The third kappa shape index (κ3) is 14.0. The number of unbranched alkanes of at least 4 members (excludes halogenated alkanes) is 3. The number of likely N-dealkylation sites (N-methyl/N-ethyl adjacent to an activating group) is 1. The van der Waals surface area contributed by atoms with Gasteiger partial charge in [0.15, 0.2) is 11.5 Å². The van der Waals surface area contributed by atoms with Gasteiger partial charge in [-0.05, 0) is 62.4 Å². The summed E-state index contributed by atoms with van der Waals surface area (Å²) >= 11 is 0. The number of halogens is 1. The van der Waals surface area contributed by atoms with Crippen molar-refractivity contribution in [2.45, 2.75) is 72.8 Å². The zero-order valence-electron chi connectivity index (χ0n) is 21.0. The normalized spacial score (nSPS) is 11.0. The van der Waals surface area contributed by atoms with Crippen LogP contribution in [0.15, 0.2) is 30.4 Å². The second-order valence-corrected chi connectivity index (χ2v) is 8.38. The predicted molar refractivity (Wildman–Crippen MR) is 137 cm³/mol. The number of methoxy groups -OCH3 is 1. The Morgan fingerprint density at radius 2 is 1.88 bits per heavy atom. The smallest absolute Gasteiger partial charge is 0.325 e. The molecular weight excluding hydrogens is 440 g/mol. The Morgan fingerprint density at radius 3 is 2.52 bits per heavy atom. The van der Waals surface area contributed by atoms with E-state index < -0.39 is 0 Å². The van der Waals surface area contributed by atoms with Gasteiger partial charge in [-0.1, -0.05) is 52.3 Å². The SMILES string of the molecule is CCCCN(CC)CC(=O)Oc1ccc(CNC(=O)CCCC/C=C/C(C)C)cc1OC.Cl. The summed E-state index contributed by atoms with van der Waals surface area (Å²) in [5.41, 5.74) is 0.896. The summed E-state index contributed by atoms with van der Waals surface area (Å²) in [7, 11) is 1.54. The van der Waals surface area contributed by atoms with Crippen LogP contribution < -0.4 is 14.8 Å². The van der Waals surface area contributed by atoms with Crippen LogP contribution in [0.1, 0.15) is 71.8 Å². The van der Waals surface area contributed by atoms with Gasteiger partial charge in [-0.3, -0.25) is 14.5 Å². The van der Waals surface area contributed by atoms with Gasteiger partial charge in [0.05, 0.1) is 13.7 Å². The molecule has 0 fully saturated rings. The molecule has 0 saturated heterocycles. The van der Waals surface area contributed by atoms with Crippen molar-refractivity contribution >= 4 is 24.3 Å². The first-order chi connectivity index (χ1) is 15.4. The van der Waals surface area contributed by atoms with E-state index in [0.717, 1.165) is 50.8 Å². The maximum absolute atomic E-state index is 12.3. The summed E-state index contributed by atoms with van der Waals surface area (Å²) < 4.78 is 10.9. The number of nitrogens with zero attached hydrogens (tertiary/aromatic N) is 1. The van der Waals surface area contributed by atoms with Crippen LogP contribution in [0, 0.1) is 5.92 Å². The number of hydrogen-bond acceptors (Lipinski definition) is 5. The van der Waals surface area contributed by atoms with Crippen LogP contribution in [0.5, 0.6) is 11.5 Å². The molecule has 33 heavy (non-hydrogen) atoms. The second kappa shape index (κ2) is 18.4. The highest BCUT2D eigenvalue weighted by Gasteiger charge is 2.14. The van der Waals surface area contributed by atoms with E-state index in [1.807, 2.05) is 13.0 Å². The van der Waals surface area contributed by atoms with Gasteiger partial charge >= 0.3 is 5.97 Å². The number of allylic oxidation sites excluding steroid dienone is 2. The molecule has 1 rings (SSSR count). The largest absolute Gasteiger partial charge is 0.493 e. The van der Waals surface area contributed by atoms with Gasteiger partial charge in [-0.15, -0.1) is 12.4 Å². The molecule has 7 heteroatoms. The summed E-state index contributed by atoms with van der Waals surface area (Å²) in [6.07, 6.45) is 9.95. The van der Waals surface area contributed by atoms with Gasteiger partial charge in [0.1, 0.15) is 0 Å². The van der Waals surface area contributed by atoms with E-state index >= 15 is 0 Å². The number of hydrogen-bond donors (Lipinski definition) is 1. The molecule has 0 aliphatic rings. The van der Waals surface area contributed by atoms with Crippen molar-refractivity contribution in [1.29, 1.82) is 0 Å². The molecule has 0 unspecified atom stereocenters. The van der Waals surface area contributed by atoms with E-state index in [4.69, 9.17) is 9.47 Å². The molecule has 0 saturated carbocycles. The highest BCUT2D eigenvalue weighted by atomic mass is 35.5. The summed E-state index contributed by atoms with van der Waals surface area (Å²) in [5.74, 6) is 1.19. The Bertz CT molecular complexity index is 722. The Kier molecular flexibility index (Phi) is 17.2. The molecule has 0 heterocycles. The molecule has 0 aliphatic heterocycles. The minimum absolute atomic E-state index is 0. The first kappa shape index (κ1) is 30.9. The van der Waals surface area contributed by atoms with Gasteiger partial charge in [0.25, 0.3) is 0 Å². The van der Waals surface area contributed by atoms with Gasteiger partial charge in [-0.2, -0.15) is 0 Å². The number of nitrogens with one attached hydrogen (secondary N) is 1. The molecule has 0 bridgehead atoms. The van der Waals surface area contributed by atoms with Crippen LogP contribution in [0.3, 0.4) is 0 Å². The number of benzene rings is 1. The molecule has 1 aromatic carbocycles. The molecule has 1 amide bonds. The summed E-state index contributed by atoms with van der Waals surface area (Å²) in [4.78, 5) is 26.5. The van der Waals surface area contributed by atoms with E-state index in [9.17, 15) is 9.59 Å². The van der Waals surface area contributed by atoms with Crippen LogP contribution in [0.2, 0.25) is 0 Å². The molecule has 1 N–H and O–H groups in total. The molecule has 0 radical (unpaired) electrons. The van der Waals surface area contributed by atoms with Crippen LogP contribution in [-0.2, 0) is 16.1 Å². The predicted octanol–water partition coefficient (Wildman–Crippen LogP) is 5.53. The summed E-state index contributed by atoms with van der Waals surface area (Å²) in [6, 6.07) is 5.37. The standard InChI is InChI=1S/C26H42N2O4.ClH/c1-6-8-17-28(7-2)20-26(30)32-23-16-15-22(18-24(23)31-5)19-27-25(29)14-12-10-9-11-13-21(3)4;/h11,13,15-16,18,21H,6-10,12,14,17,19-20H2,1-5H3,(H,27,29);1H/b13-11+;. The van der Waals surface area contributed by atoms with Gasteiger partial charge in [0, 0.05) is 13.0 Å². The number of ether oxygens (including phenoxy) is 2. The summed E-state index contributed by atoms with van der Waals surface area (Å²) in [5, 5.41) is 2.95. The number of carbonyl (C=O) groups is 2. The molecular formula is C26H43ClN2O4. The maximum Gasteiger partial charge on any atom is 0.325 e. The Morgan fingerprint density at radius 1 is 1.12 bits per heavy atom. The Labute approximate surface area is 206 Å². The van der Waals surface area contributed by atoms with Crippen molar-refractivity contribution in [2.24, 2.45) is 5.92 Å². The molecule has 1 aromatic rings. The highest BCUT2D eigenvalue weighted by Crippen LogP contribution is 2.28. The van der Waals surface area contributed by atoms with Crippen LogP contribution in [0.25, 0.3) is 0 Å².